The number of alkyl halides is 3. The number of anilines is 1. The van der Waals surface area contributed by atoms with Gasteiger partial charge in [0.1, 0.15) is 11.8 Å². The number of benzene rings is 1. The second kappa shape index (κ2) is 8.62. The maximum atomic E-state index is 13.1. The second-order valence-corrected chi connectivity index (χ2v) is 8.81. The number of nitrogens with zero attached hydrogens (tertiary/aromatic N) is 5. The van der Waals surface area contributed by atoms with Crippen LogP contribution in [0.1, 0.15) is 18.4 Å². The van der Waals surface area contributed by atoms with E-state index in [0.29, 0.717) is 31.1 Å². The molecule has 1 aliphatic heterocycles. The van der Waals surface area contributed by atoms with Gasteiger partial charge in [-0.05, 0) is 24.8 Å². The molecule has 0 unspecified atom stereocenters. The topological polar surface area (TPSA) is 101 Å². The smallest absolute Gasteiger partial charge is 0.399 e. The summed E-state index contributed by atoms with van der Waals surface area (Å²) in [5.41, 5.74) is -1.82. The van der Waals surface area contributed by atoms with E-state index in [1.54, 1.807) is 0 Å². The largest absolute Gasteiger partial charge is 0.416 e. The zero-order valence-corrected chi connectivity index (χ0v) is 17.9. The van der Waals surface area contributed by atoms with E-state index in [2.05, 4.69) is 15.0 Å². The van der Waals surface area contributed by atoms with E-state index in [-0.39, 0.29) is 9.83 Å². The molecule has 2 aliphatic rings. The molecule has 1 saturated carbocycles. The molecule has 13 heteroatoms. The molecule has 1 aromatic carbocycles. The number of rotatable bonds is 5. The Bertz CT molecular complexity index is 1120. The molecular weight excluding hydrogens is 451 g/mol. The Kier molecular flexibility index (Phi) is 6.03. The number of hydrogen-bond donors (Lipinski definition) is 0. The van der Waals surface area contributed by atoms with Gasteiger partial charge in [-0.1, -0.05) is 16.5 Å². The van der Waals surface area contributed by atoms with E-state index in [1.807, 2.05) is 4.90 Å². The number of nitro benzene ring substituents is 1. The summed E-state index contributed by atoms with van der Waals surface area (Å²) in [5, 5.41) is 15.3. The molecule has 0 radical (unpaired) electrons. The summed E-state index contributed by atoms with van der Waals surface area (Å²) in [7, 11) is 1.53. The van der Waals surface area contributed by atoms with Crippen molar-refractivity contribution >= 4 is 38.0 Å². The summed E-state index contributed by atoms with van der Waals surface area (Å²) < 4.78 is 39.2. The van der Waals surface area contributed by atoms with Crippen LogP contribution in [0.2, 0.25) is 0 Å². The molecule has 1 aliphatic carbocycles. The molecular formula is C19H20F3N5O4S. The fourth-order valence-corrected chi connectivity index (χ4v) is 5.12. The van der Waals surface area contributed by atoms with Gasteiger partial charge in [-0.25, -0.2) is 0 Å². The molecule has 9 nitrogen and oxygen atoms in total. The SMILES string of the molecule is CON=C1CC(CN2CCN(c3nc(=O)c4cc(C(F)(F)F)cc([N+](=O)[O-])c4s3)CC2)C1. The summed E-state index contributed by atoms with van der Waals surface area (Å²) in [6, 6.07) is 1.11. The van der Waals surface area contributed by atoms with Crippen LogP contribution in [-0.2, 0) is 11.0 Å². The number of hydrogen-bond acceptors (Lipinski definition) is 9. The summed E-state index contributed by atoms with van der Waals surface area (Å²) in [4.78, 5) is 35.9. The fourth-order valence-electron chi connectivity index (χ4n) is 4.00. The lowest BCUT2D eigenvalue weighted by molar-refractivity contribution is -0.383. The van der Waals surface area contributed by atoms with Crippen LogP contribution in [0.5, 0.6) is 0 Å². The normalized spacial score (nSPS) is 19.7. The van der Waals surface area contributed by atoms with Crippen LogP contribution in [0.25, 0.3) is 10.1 Å². The first kappa shape index (κ1) is 22.4. The summed E-state index contributed by atoms with van der Waals surface area (Å²) in [5.74, 6) is 0.524. The van der Waals surface area contributed by atoms with Gasteiger partial charge in [-0.3, -0.25) is 19.8 Å². The van der Waals surface area contributed by atoms with Gasteiger partial charge >= 0.3 is 6.18 Å². The first-order valence-corrected chi connectivity index (χ1v) is 10.7. The molecule has 0 N–H and O–H groups in total. The summed E-state index contributed by atoms with van der Waals surface area (Å²) in [6.07, 6.45) is -2.99. The number of oxime groups is 1. The zero-order chi connectivity index (χ0) is 23.0. The average Bonchev–Trinajstić information content (AvgIpc) is 2.71. The molecule has 2 fully saturated rings. The van der Waals surface area contributed by atoms with Crippen LogP contribution in [0.4, 0.5) is 24.0 Å². The van der Waals surface area contributed by atoms with Crippen molar-refractivity contribution in [3.8, 4) is 0 Å². The molecule has 2 aromatic rings. The van der Waals surface area contributed by atoms with Gasteiger partial charge in [-0.2, -0.15) is 18.2 Å². The lowest BCUT2D eigenvalue weighted by atomic mass is 9.83. The van der Waals surface area contributed by atoms with Crippen molar-refractivity contribution in [3.05, 3.63) is 38.2 Å². The van der Waals surface area contributed by atoms with Crippen LogP contribution in [0.3, 0.4) is 0 Å². The average molecular weight is 471 g/mol. The van der Waals surface area contributed by atoms with Gasteiger partial charge < -0.3 is 9.74 Å². The Morgan fingerprint density at radius 1 is 1.28 bits per heavy atom. The second-order valence-electron chi connectivity index (χ2n) is 7.83. The van der Waals surface area contributed by atoms with Gasteiger partial charge in [0.05, 0.1) is 21.6 Å². The highest BCUT2D eigenvalue weighted by Gasteiger charge is 2.35. The Hall–Kier alpha value is -2.80. The molecule has 2 heterocycles. The van der Waals surface area contributed by atoms with Crippen molar-refractivity contribution in [2.75, 3.05) is 44.7 Å². The molecule has 0 amide bonds. The highest BCUT2D eigenvalue weighted by molar-refractivity contribution is 7.22. The first-order valence-electron chi connectivity index (χ1n) is 9.92. The summed E-state index contributed by atoms with van der Waals surface area (Å²) >= 11 is 0.876. The monoisotopic (exact) mass is 471 g/mol. The van der Waals surface area contributed by atoms with Crippen molar-refractivity contribution < 1.29 is 22.9 Å². The van der Waals surface area contributed by atoms with Gasteiger partial charge in [-0.15, -0.1) is 0 Å². The first-order chi connectivity index (χ1) is 15.2. The maximum absolute atomic E-state index is 13.1. The van der Waals surface area contributed by atoms with Crippen molar-refractivity contribution in [2.24, 2.45) is 11.1 Å². The van der Waals surface area contributed by atoms with Crippen molar-refractivity contribution in [2.45, 2.75) is 19.0 Å². The fraction of sp³-hybridized carbons (Fsp3) is 0.526. The number of fused-ring (bicyclic) bond motifs is 1. The minimum absolute atomic E-state index is 0.0974. The van der Waals surface area contributed by atoms with Gasteiger partial charge in [0.25, 0.3) is 11.2 Å². The van der Waals surface area contributed by atoms with Gasteiger partial charge in [0.15, 0.2) is 5.13 Å². The van der Waals surface area contributed by atoms with E-state index >= 15 is 0 Å². The van der Waals surface area contributed by atoms with Crippen molar-refractivity contribution in [1.29, 1.82) is 0 Å². The van der Waals surface area contributed by atoms with E-state index in [4.69, 9.17) is 4.84 Å². The number of halogens is 3. The molecule has 1 saturated heterocycles. The number of nitro groups is 1. The molecule has 0 bridgehead atoms. The number of piperazine rings is 1. The highest BCUT2D eigenvalue weighted by atomic mass is 32.1. The minimum atomic E-state index is -4.80. The molecule has 172 valence electrons. The summed E-state index contributed by atoms with van der Waals surface area (Å²) in [6.45, 7) is 3.50. The van der Waals surface area contributed by atoms with E-state index < -0.39 is 33.3 Å². The van der Waals surface area contributed by atoms with Crippen LogP contribution >= 0.6 is 11.3 Å². The predicted molar refractivity (Wildman–Crippen MR) is 113 cm³/mol. The number of non-ortho nitro benzene ring substituents is 1. The highest BCUT2D eigenvalue weighted by Crippen LogP contribution is 2.38. The van der Waals surface area contributed by atoms with E-state index in [0.717, 1.165) is 49.5 Å². The number of aromatic nitrogens is 1. The predicted octanol–water partition coefficient (Wildman–Crippen LogP) is 3.12. The molecule has 0 atom stereocenters. The minimum Gasteiger partial charge on any atom is -0.399 e. The Labute approximate surface area is 184 Å². The Morgan fingerprint density at radius 2 is 1.97 bits per heavy atom. The Morgan fingerprint density at radius 3 is 2.56 bits per heavy atom. The lowest BCUT2D eigenvalue weighted by Gasteiger charge is -2.38. The van der Waals surface area contributed by atoms with Gasteiger partial charge in [0.2, 0.25) is 0 Å². The van der Waals surface area contributed by atoms with Crippen LogP contribution in [0, 0.1) is 16.0 Å². The van der Waals surface area contributed by atoms with Crippen LogP contribution in [0.15, 0.2) is 22.1 Å². The van der Waals surface area contributed by atoms with Gasteiger partial charge in [0, 0.05) is 38.8 Å². The lowest BCUT2D eigenvalue weighted by Crippen LogP contribution is -2.49. The van der Waals surface area contributed by atoms with E-state index in [1.165, 1.54) is 7.11 Å². The quantitative estimate of drug-likeness (QED) is 0.488. The van der Waals surface area contributed by atoms with Crippen molar-refractivity contribution in [3.63, 3.8) is 0 Å². The molecule has 0 spiro atoms. The van der Waals surface area contributed by atoms with E-state index in [9.17, 15) is 28.1 Å². The third kappa shape index (κ3) is 4.53. The van der Waals surface area contributed by atoms with Crippen LogP contribution < -0.4 is 10.5 Å². The third-order valence-corrected chi connectivity index (χ3v) is 6.81. The van der Waals surface area contributed by atoms with Crippen LogP contribution in [-0.4, -0.2) is 60.4 Å². The maximum Gasteiger partial charge on any atom is 0.416 e. The standard InChI is InChI=1S/C19H20F3N5O4S/c1-31-24-13-6-11(7-13)10-25-2-4-26(5-3-25)18-23-17(28)14-8-12(19(20,21)22)9-15(27(29)30)16(14)32-18/h8-9,11H,2-7,10H2,1H3. The molecule has 4 rings (SSSR count). The van der Waals surface area contributed by atoms with Crippen molar-refractivity contribution in [1.82, 2.24) is 9.88 Å². The molecule has 1 aromatic heterocycles. The molecule has 32 heavy (non-hydrogen) atoms. The Balaban J connectivity index is 1.52. The third-order valence-electron chi connectivity index (χ3n) is 5.64. The zero-order valence-electron chi connectivity index (χ0n) is 17.1.